The Morgan fingerprint density at radius 3 is 2.38 bits per heavy atom. The number of benzene rings is 2. The molecule has 0 aliphatic carbocycles. The van der Waals surface area contributed by atoms with Gasteiger partial charge in [0.25, 0.3) is 0 Å². The molecule has 34 heavy (non-hydrogen) atoms. The molecule has 1 aliphatic rings. The van der Waals surface area contributed by atoms with Gasteiger partial charge in [0.2, 0.25) is 11.8 Å². The summed E-state index contributed by atoms with van der Waals surface area (Å²) >= 11 is 0. The highest BCUT2D eigenvalue weighted by atomic mass is 16.5. The number of hydrazine groups is 1. The van der Waals surface area contributed by atoms with Crippen LogP contribution in [0.15, 0.2) is 48.5 Å². The van der Waals surface area contributed by atoms with Gasteiger partial charge in [-0.3, -0.25) is 9.59 Å². The first-order chi connectivity index (χ1) is 16.1. The van der Waals surface area contributed by atoms with Crippen LogP contribution in [0.1, 0.15) is 50.3 Å². The van der Waals surface area contributed by atoms with E-state index in [4.69, 9.17) is 16.3 Å². The minimum Gasteiger partial charge on any atom is -0.396 e. The third kappa shape index (κ3) is 6.15. The summed E-state index contributed by atoms with van der Waals surface area (Å²) in [5.41, 5.74) is 10.7. The van der Waals surface area contributed by atoms with Crippen LogP contribution in [0.5, 0.6) is 0 Å². The average molecular weight is 466 g/mol. The van der Waals surface area contributed by atoms with Gasteiger partial charge >= 0.3 is 0 Å². The van der Waals surface area contributed by atoms with Crippen LogP contribution in [0.2, 0.25) is 0 Å². The molecule has 0 aromatic heterocycles. The fraction of sp³-hybridized carbons (Fsp3) is 0.385. The fourth-order valence-corrected chi connectivity index (χ4v) is 3.95. The number of carbonyl (C=O) groups is 2. The summed E-state index contributed by atoms with van der Waals surface area (Å²) in [4.78, 5) is 27.4. The fourth-order valence-electron chi connectivity index (χ4n) is 3.95. The van der Waals surface area contributed by atoms with E-state index in [1.165, 1.54) is 5.01 Å². The lowest BCUT2D eigenvalue weighted by Gasteiger charge is -2.31. The van der Waals surface area contributed by atoms with Crippen LogP contribution >= 0.6 is 0 Å². The van der Waals surface area contributed by atoms with Crippen LogP contribution in [0.25, 0.3) is 11.4 Å². The van der Waals surface area contributed by atoms with Crippen molar-refractivity contribution in [3.8, 4) is 0 Å². The van der Waals surface area contributed by atoms with Crippen molar-refractivity contribution < 1.29 is 14.3 Å². The van der Waals surface area contributed by atoms with Crippen molar-refractivity contribution in [2.24, 2.45) is 11.6 Å². The Morgan fingerprint density at radius 1 is 1.06 bits per heavy atom. The molecule has 0 bridgehead atoms. The number of carbonyl (C=O) groups excluding carboxylic acids is 2. The van der Waals surface area contributed by atoms with Gasteiger partial charge in [-0.05, 0) is 32.4 Å². The summed E-state index contributed by atoms with van der Waals surface area (Å²) < 4.78 is 5.62. The molecule has 0 saturated heterocycles. The van der Waals surface area contributed by atoms with Crippen LogP contribution in [-0.2, 0) is 20.9 Å². The predicted octanol–water partition coefficient (Wildman–Crippen LogP) is 2.83. The van der Waals surface area contributed by atoms with Gasteiger partial charge in [0.1, 0.15) is 0 Å². The first kappa shape index (κ1) is 25.3. The SMILES string of the molecule is CN(N)/C1=C(\N)c2ccccc2N(C(=O)CCC(=O)NCCOC(C)(C)C)Cc2ccccc21. The average Bonchev–Trinajstić information content (AvgIpc) is 2.78. The summed E-state index contributed by atoms with van der Waals surface area (Å²) in [6.45, 7) is 7.05. The second-order valence-electron chi connectivity index (χ2n) is 9.34. The van der Waals surface area contributed by atoms with Crippen molar-refractivity contribution in [1.82, 2.24) is 10.3 Å². The molecular formula is C26H35N5O3. The summed E-state index contributed by atoms with van der Waals surface area (Å²) in [6.07, 6.45) is 0.173. The second kappa shape index (κ2) is 10.7. The summed E-state index contributed by atoms with van der Waals surface area (Å²) in [5, 5.41) is 4.32. The number of nitrogens with zero attached hydrogens (tertiary/aromatic N) is 2. The van der Waals surface area contributed by atoms with Gasteiger partial charge in [-0.1, -0.05) is 42.5 Å². The number of nitrogens with one attached hydrogen (secondary N) is 1. The molecule has 2 aromatic carbocycles. The van der Waals surface area contributed by atoms with Crippen molar-refractivity contribution in [1.29, 1.82) is 0 Å². The molecule has 8 nitrogen and oxygen atoms in total. The number of nitrogens with two attached hydrogens (primary N) is 2. The zero-order valence-electron chi connectivity index (χ0n) is 20.4. The van der Waals surface area contributed by atoms with Crippen molar-refractivity contribution in [3.05, 3.63) is 65.2 Å². The molecule has 0 unspecified atom stereocenters. The zero-order chi connectivity index (χ0) is 24.9. The molecule has 0 spiro atoms. The summed E-state index contributed by atoms with van der Waals surface area (Å²) in [6, 6.07) is 15.2. The van der Waals surface area contributed by atoms with Crippen molar-refractivity contribution in [2.75, 3.05) is 25.1 Å². The third-order valence-corrected chi connectivity index (χ3v) is 5.52. The Balaban J connectivity index is 1.81. The molecule has 1 heterocycles. The predicted molar refractivity (Wildman–Crippen MR) is 135 cm³/mol. The first-order valence-corrected chi connectivity index (χ1v) is 11.5. The van der Waals surface area contributed by atoms with E-state index >= 15 is 0 Å². The highest BCUT2D eigenvalue weighted by Gasteiger charge is 2.27. The molecule has 182 valence electrons. The number of fused-ring (bicyclic) bond motifs is 2. The summed E-state index contributed by atoms with van der Waals surface area (Å²) in [7, 11) is 1.75. The molecule has 0 saturated carbocycles. The van der Waals surface area contributed by atoms with E-state index in [9.17, 15) is 9.59 Å². The maximum atomic E-state index is 13.4. The molecule has 2 amide bonds. The molecular weight excluding hydrogens is 430 g/mol. The van der Waals surface area contributed by atoms with E-state index in [1.54, 1.807) is 11.9 Å². The van der Waals surface area contributed by atoms with E-state index in [0.717, 1.165) is 16.7 Å². The van der Waals surface area contributed by atoms with Gasteiger partial charge in [0.05, 0.1) is 35.8 Å². The number of anilines is 1. The first-order valence-electron chi connectivity index (χ1n) is 11.5. The van der Waals surface area contributed by atoms with Crippen LogP contribution in [-0.4, -0.2) is 42.6 Å². The van der Waals surface area contributed by atoms with Crippen molar-refractivity contribution >= 4 is 28.9 Å². The lowest BCUT2D eigenvalue weighted by molar-refractivity contribution is -0.125. The Kier molecular flexibility index (Phi) is 7.96. The van der Waals surface area contributed by atoms with Crippen molar-refractivity contribution in [2.45, 2.75) is 45.8 Å². The van der Waals surface area contributed by atoms with Crippen LogP contribution < -0.4 is 21.8 Å². The molecule has 1 aliphatic heterocycles. The van der Waals surface area contributed by atoms with Crippen molar-refractivity contribution in [3.63, 3.8) is 0 Å². The van der Waals surface area contributed by atoms with Gasteiger partial charge in [0, 0.05) is 37.6 Å². The van der Waals surface area contributed by atoms with Gasteiger partial charge in [-0.2, -0.15) is 0 Å². The van der Waals surface area contributed by atoms with E-state index in [2.05, 4.69) is 5.32 Å². The van der Waals surface area contributed by atoms with Crippen LogP contribution in [0.4, 0.5) is 5.69 Å². The zero-order valence-corrected chi connectivity index (χ0v) is 20.4. The second-order valence-corrected chi connectivity index (χ2v) is 9.34. The summed E-state index contributed by atoms with van der Waals surface area (Å²) in [5.74, 6) is 5.83. The number of amides is 2. The number of rotatable bonds is 7. The Hall–Kier alpha value is -3.36. The molecule has 5 N–H and O–H groups in total. The van der Waals surface area contributed by atoms with E-state index < -0.39 is 0 Å². The van der Waals surface area contributed by atoms with Crippen LogP contribution in [0.3, 0.4) is 0 Å². The number of ether oxygens (including phenoxy) is 1. The molecule has 3 rings (SSSR count). The maximum absolute atomic E-state index is 13.4. The largest absolute Gasteiger partial charge is 0.396 e. The normalized spacial score (nSPS) is 15.6. The number of hydrogen-bond acceptors (Lipinski definition) is 6. The molecule has 8 heteroatoms. The molecule has 0 atom stereocenters. The molecule has 2 aromatic rings. The lowest BCUT2D eigenvalue weighted by Crippen LogP contribution is -2.36. The number of para-hydroxylation sites is 1. The lowest BCUT2D eigenvalue weighted by atomic mass is 9.95. The van der Waals surface area contributed by atoms with Gasteiger partial charge < -0.3 is 25.7 Å². The van der Waals surface area contributed by atoms with Gasteiger partial charge in [-0.15, -0.1) is 0 Å². The van der Waals surface area contributed by atoms with E-state index in [-0.39, 0.29) is 30.3 Å². The monoisotopic (exact) mass is 465 g/mol. The van der Waals surface area contributed by atoms with Gasteiger partial charge in [0.15, 0.2) is 0 Å². The Bertz CT molecular complexity index is 1070. The minimum absolute atomic E-state index is 0.0791. The number of hydrogen-bond donors (Lipinski definition) is 3. The smallest absolute Gasteiger partial charge is 0.227 e. The topological polar surface area (TPSA) is 114 Å². The van der Waals surface area contributed by atoms with E-state index in [0.29, 0.717) is 36.8 Å². The third-order valence-electron chi connectivity index (χ3n) is 5.52. The Labute approximate surface area is 201 Å². The Morgan fingerprint density at radius 2 is 1.71 bits per heavy atom. The van der Waals surface area contributed by atoms with Crippen LogP contribution in [0, 0.1) is 0 Å². The highest BCUT2D eigenvalue weighted by molar-refractivity contribution is 6.01. The highest BCUT2D eigenvalue weighted by Crippen LogP contribution is 2.36. The molecule has 0 radical (unpaired) electrons. The van der Waals surface area contributed by atoms with E-state index in [1.807, 2.05) is 69.3 Å². The standard InChI is InChI=1S/C26H35N5O3/c1-26(2,3)34-16-15-29-22(32)13-14-23(33)31-17-18-9-5-6-10-19(18)25(30(4)28)24(27)20-11-7-8-12-21(20)31/h5-12H,13-17,27-28H2,1-4H3,(H,29,32)/b25-24-. The maximum Gasteiger partial charge on any atom is 0.227 e. The van der Waals surface area contributed by atoms with Gasteiger partial charge in [-0.25, -0.2) is 5.84 Å². The molecule has 0 fully saturated rings. The minimum atomic E-state index is -0.259. The quantitative estimate of drug-likeness (QED) is 0.329.